The average Bonchev–Trinajstić information content (AvgIpc) is 2.09. The van der Waals surface area contributed by atoms with E-state index in [4.69, 9.17) is 26.4 Å². The summed E-state index contributed by atoms with van der Waals surface area (Å²) in [5.74, 6) is 0.493. The number of benzene rings is 1. The first-order valence-corrected chi connectivity index (χ1v) is 4.73. The van der Waals surface area contributed by atoms with Gasteiger partial charge < -0.3 is 14.8 Å². The van der Waals surface area contributed by atoms with Crippen molar-refractivity contribution in [2.45, 2.75) is 13.8 Å². The van der Waals surface area contributed by atoms with Gasteiger partial charge in [-0.05, 0) is 31.5 Å². The lowest BCUT2D eigenvalue weighted by Crippen LogP contribution is -2.32. The molecular formula is C9H12BClO3. The molecule has 5 heteroatoms. The van der Waals surface area contributed by atoms with Gasteiger partial charge in [-0.1, -0.05) is 11.6 Å². The second-order valence-corrected chi connectivity index (χ2v) is 3.38. The molecule has 0 amide bonds. The minimum Gasteiger partial charge on any atom is -0.494 e. The molecular weight excluding hydrogens is 202 g/mol. The molecule has 0 heterocycles. The molecule has 0 saturated carbocycles. The van der Waals surface area contributed by atoms with E-state index in [1.54, 1.807) is 6.07 Å². The van der Waals surface area contributed by atoms with Crippen LogP contribution < -0.4 is 10.2 Å². The molecule has 0 fully saturated rings. The maximum atomic E-state index is 9.10. The van der Waals surface area contributed by atoms with Gasteiger partial charge in [0, 0.05) is 10.5 Å². The molecule has 0 bridgehead atoms. The van der Waals surface area contributed by atoms with Gasteiger partial charge in [0.2, 0.25) is 0 Å². The van der Waals surface area contributed by atoms with Gasteiger partial charge in [0.1, 0.15) is 5.75 Å². The highest BCUT2D eigenvalue weighted by molar-refractivity contribution is 6.60. The van der Waals surface area contributed by atoms with Crippen molar-refractivity contribution in [2.24, 2.45) is 0 Å². The fourth-order valence-corrected chi connectivity index (χ4v) is 1.57. The lowest BCUT2D eigenvalue weighted by Gasteiger charge is -2.12. The minimum absolute atomic E-state index is 0.303. The van der Waals surface area contributed by atoms with Gasteiger partial charge in [0.25, 0.3) is 0 Å². The van der Waals surface area contributed by atoms with Gasteiger partial charge in [0.15, 0.2) is 0 Å². The molecule has 0 aliphatic rings. The Morgan fingerprint density at radius 1 is 1.43 bits per heavy atom. The molecule has 0 spiro atoms. The Kier molecular flexibility index (Phi) is 3.81. The SMILES string of the molecule is CCOc1c(C)cc(Cl)cc1B(O)O. The topological polar surface area (TPSA) is 49.7 Å². The molecule has 1 aromatic carbocycles. The molecule has 0 aromatic heterocycles. The Balaban J connectivity index is 3.21. The molecule has 0 atom stereocenters. The van der Waals surface area contributed by atoms with Gasteiger partial charge in [-0.25, -0.2) is 0 Å². The first-order valence-electron chi connectivity index (χ1n) is 4.35. The van der Waals surface area contributed by atoms with Gasteiger partial charge in [-0.15, -0.1) is 0 Å². The summed E-state index contributed by atoms with van der Waals surface area (Å²) < 4.78 is 5.31. The Labute approximate surface area is 88.4 Å². The molecule has 1 aromatic rings. The normalized spacial score (nSPS) is 10.1. The van der Waals surface area contributed by atoms with Crippen molar-refractivity contribution in [3.63, 3.8) is 0 Å². The zero-order valence-corrected chi connectivity index (χ0v) is 8.88. The minimum atomic E-state index is -1.56. The van der Waals surface area contributed by atoms with E-state index in [0.29, 0.717) is 22.8 Å². The Bertz CT molecular complexity index is 328. The third-order valence-electron chi connectivity index (χ3n) is 1.83. The number of ether oxygens (including phenoxy) is 1. The molecule has 0 saturated heterocycles. The highest BCUT2D eigenvalue weighted by Crippen LogP contribution is 2.20. The standard InChI is InChI=1S/C9H12BClO3/c1-3-14-9-6(2)4-7(11)5-8(9)10(12)13/h4-5,12-13H,3H2,1-2H3. The third-order valence-corrected chi connectivity index (χ3v) is 2.05. The van der Waals surface area contributed by atoms with Gasteiger partial charge >= 0.3 is 7.12 Å². The molecule has 0 unspecified atom stereocenters. The van der Waals surface area contributed by atoms with E-state index >= 15 is 0 Å². The van der Waals surface area contributed by atoms with E-state index in [-0.39, 0.29) is 0 Å². The van der Waals surface area contributed by atoms with Crippen LogP contribution in [0.4, 0.5) is 0 Å². The summed E-state index contributed by atoms with van der Waals surface area (Å²) in [4.78, 5) is 0. The maximum absolute atomic E-state index is 9.10. The Hall–Kier alpha value is -0.705. The summed E-state index contributed by atoms with van der Waals surface area (Å²) in [6, 6.07) is 3.21. The van der Waals surface area contributed by atoms with E-state index in [9.17, 15) is 0 Å². The summed E-state index contributed by atoms with van der Waals surface area (Å²) in [6.07, 6.45) is 0. The first-order chi connectivity index (χ1) is 6.56. The Morgan fingerprint density at radius 2 is 2.07 bits per heavy atom. The smallest absolute Gasteiger partial charge is 0.492 e. The molecule has 0 aliphatic heterocycles. The quantitative estimate of drug-likeness (QED) is 0.729. The second-order valence-electron chi connectivity index (χ2n) is 2.95. The largest absolute Gasteiger partial charge is 0.494 e. The summed E-state index contributed by atoms with van der Waals surface area (Å²) in [5.41, 5.74) is 1.10. The number of halogens is 1. The lowest BCUT2D eigenvalue weighted by molar-refractivity contribution is 0.337. The van der Waals surface area contributed by atoms with Gasteiger partial charge in [0.05, 0.1) is 6.61 Å². The van der Waals surface area contributed by atoms with Crippen LogP contribution in [0.3, 0.4) is 0 Å². The Morgan fingerprint density at radius 3 is 2.57 bits per heavy atom. The molecule has 1 rings (SSSR count). The van der Waals surface area contributed by atoms with Crippen LogP contribution in [0, 0.1) is 6.92 Å². The van der Waals surface area contributed by atoms with E-state index in [1.807, 2.05) is 13.8 Å². The highest BCUT2D eigenvalue weighted by Gasteiger charge is 2.19. The lowest BCUT2D eigenvalue weighted by atomic mass is 9.78. The summed E-state index contributed by atoms with van der Waals surface area (Å²) in [7, 11) is -1.56. The van der Waals surface area contributed by atoms with Crippen molar-refractivity contribution in [1.29, 1.82) is 0 Å². The summed E-state index contributed by atoms with van der Waals surface area (Å²) in [6.45, 7) is 4.12. The predicted octanol–water partition coefficient (Wildman–Crippen LogP) is 0.727. The van der Waals surface area contributed by atoms with Gasteiger partial charge in [-0.2, -0.15) is 0 Å². The van der Waals surface area contributed by atoms with Crippen LogP contribution in [0.15, 0.2) is 12.1 Å². The van der Waals surface area contributed by atoms with Crippen LogP contribution in [0.1, 0.15) is 12.5 Å². The highest BCUT2D eigenvalue weighted by atomic mass is 35.5. The number of rotatable bonds is 3. The summed E-state index contributed by atoms with van der Waals surface area (Å²) in [5, 5.41) is 18.7. The third kappa shape index (κ3) is 2.41. The van der Waals surface area contributed by atoms with Crippen LogP contribution in [0.5, 0.6) is 5.75 Å². The van der Waals surface area contributed by atoms with Crippen LogP contribution in [0.25, 0.3) is 0 Å². The van der Waals surface area contributed by atoms with E-state index in [0.717, 1.165) is 5.56 Å². The van der Waals surface area contributed by atoms with Crippen LogP contribution in [0.2, 0.25) is 5.02 Å². The molecule has 2 N–H and O–H groups in total. The monoisotopic (exact) mass is 214 g/mol. The number of aryl methyl sites for hydroxylation is 1. The second kappa shape index (κ2) is 4.69. The predicted molar refractivity (Wildman–Crippen MR) is 57.2 cm³/mol. The number of hydrogen-bond acceptors (Lipinski definition) is 3. The molecule has 0 aliphatic carbocycles. The van der Waals surface area contributed by atoms with Crippen molar-refractivity contribution >= 4 is 24.2 Å². The molecule has 0 radical (unpaired) electrons. The molecule has 14 heavy (non-hydrogen) atoms. The molecule has 3 nitrogen and oxygen atoms in total. The van der Waals surface area contributed by atoms with Crippen molar-refractivity contribution < 1.29 is 14.8 Å². The van der Waals surface area contributed by atoms with E-state index in [1.165, 1.54) is 6.07 Å². The van der Waals surface area contributed by atoms with Crippen LogP contribution >= 0.6 is 11.6 Å². The number of hydrogen-bond donors (Lipinski definition) is 2. The maximum Gasteiger partial charge on any atom is 0.492 e. The van der Waals surface area contributed by atoms with Crippen molar-refractivity contribution in [3.8, 4) is 5.75 Å². The van der Waals surface area contributed by atoms with Crippen LogP contribution in [-0.2, 0) is 0 Å². The zero-order chi connectivity index (χ0) is 10.7. The zero-order valence-electron chi connectivity index (χ0n) is 8.12. The van der Waals surface area contributed by atoms with E-state index in [2.05, 4.69) is 0 Å². The van der Waals surface area contributed by atoms with Crippen molar-refractivity contribution in [3.05, 3.63) is 22.7 Å². The van der Waals surface area contributed by atoms with Gasteiger partial charge in [-0.3, -0.25) is 0 Å². The average molecular weight is 214 g/mol. The molecule has 76 valence electrons. The van der Waals surface area contributed by atoms with Crippen LogP contribution in [-0.4, -0.2) is 23.8 Å². The first kappa shape index (κ1) is 11.4. The fourth-order valence-electron chi connectivity index (χ4n) is 1.29. The van der Waals surface area contributed by atoms with E-state index < -0.39 is 7.12 Å². The van der Waals surface area contributed by atoms with Crippen molar-refractivity contribution in [1.82, 2.24) is 0 Å². The summed E-state index contributed by atoms with van der Waals surface area (Å²) >= 11 is 5.79. The van der Waals surface area contributed by atoms with Crippen molar-refractivity contribution in [2.75, 3.05) is 6.61 Å². The fraction of sp³-hybridized carbons (Fsp3) is 0.333.